The van der Waals surface area contributed by atoms with Gasteiger partial charge in [0, 0.05) is 0 Å². The summed E-state index contributed by atoms with van der Waals surface area (Å²) in [6, 6.07) is 27.1. The second-order valence-corrected chi connectivity index (χ2v) is 42.9. The fourth-order valence-corrected chi connectivity index (χ4v) is 96.4. The number of ether oxygens (including phenoxy) is 6. The number of esters is 4. The molecule has 10 fully saturated rings. The van der Waals surface area contributed by atoms with Crippen molar-refractivity contribution >= 4 is 23.9 Å². The van der Waals surface area contributed by atoms with Gasteiger partial charge in [0.05, 0.1) is 13.2 Å². The molecule has 8 unspecified atom stereocenters. The normalized spacial score (nSPS) is 44.3. The Kier molecular flexibility index (Phi) is 3.62. The van der Waals surface area contributed by atoms with Gasteiger partial charge in [-0.2, -0.15) is 0 Å². The summed E-state index contributed by atoms with van der Waals surface area (Å²) in [4.78, 5) is 58.9. The van der Waals surface area contributed by atoms with E-state index >= 15 is 0 Å². The molecule has 10 heterocycles. The molecule has 10 aliphatic heterocycles. The van der Waals surface area contributed by atoms with Crippen LogP contribution in [0.25, 0.3) is 0 Å². The fraction of sp³-hybridized carbons (Fsp3) is 0.391. The van der Waals surface area contributed by atoms with Crippen LogP contribution in [0.4, 0.5) is 0 Å². The molecule has 57 heavy (non-hydrogen) atoms. The van der Waals surface area contributed by atoms with E-state index in [0.717, 1.165) is 37.2 Å². The van der Waals surface area contributed by atoms with Crippen LogP contribution in [0.15, 0.2) is 97.1 Å². The van der Waals surface area contributed by atoms with E-state index in [2.05, 4.69) is 13.8 Å². The summed E-state index contributed by atoms with van der Waals surface area (Å²) in [5.74, 6) is 1.83. The molecule has 294 valence electrons. The number of rotatable bonds is 16. The van der Waals surface area contributed by atoms with Gasteiger partial charge in [-0.25, -0.2) is 0 Å². The molecule has 0 saturated carbocycles. The molecule has 4 aromatic carbocycles. The van der Waals surface area contributed by atoms with Crippen LogP contribution in [0.5, 0.6) is 34.5 Å². The van der Waals surface area contributed by atoms with Gasteiger partial charge in [-0.3, -0.25) is 0 Å². The first kappa shape index (κ1) is 31.9. The van der Waals surface area contributed by atoms with Crippen molar-refractivity contribution in [1.29, 1.82) is 0 Å². The predicted octanol–water partition coefficient (Wildman–Crippen LogP) is 10.1. The van der Waals surface area contributed by atoms with Crippen LogP contribution in [0, 0.1) is 0 Å². The maximum atomic E-state index is 14.5. The summed E-state index contributed by atoms with van der Waals surface area (Å²) < 4.78 is 34.1. The van der Waals surface area contributed by atoms with Crippen molar-refractivity contribution in [2.75, 3.05) is 13.2 Å². The van der Waals surface area contributed by atoms with Gasteiger partial charge >= 0.3 is 247 Å². The number of carbonyl (C=O) groups is 4. The first-order valence-electron chi connectivity index (χ1n) is 20.3. The summed E-state index contributed by atoms with van der Waals surface area (Å²) >= 11 is 0. The summed E-state index contributed by atoms with van der Waals surface area (Å²) in [5, 5.41) is 0. The van der Waals surface area contributed by atoms with E-state index in [-0.39, 0.29) is 11.9 Å². The molecule has 0 radical (unpaired) electrons. The zero-order chi connectivity index (χ0) is 38.7. The first-order valence-corrected chi connectivity index (χ1v) is 26.5. The Morgan fingerprint density at radius 1 is 0.456 bits per heavy atom. The summed E-state index contributed by atoms with van der Waals surface area (Å²) in [6.45, 7) is 0.810. The van der Waals surface area contributed by atoms with E-state index in [1.165, 1.54) is 0 Å². The number of hydrogen-bond donors (Lipinski definition) is 0. The van der Waals surface area contributed by atoms with Crippen molar-refractivity contribution in [2.45, 2.75) is 86.7 Å². The van der Waals surface area contributed by atoms with Crippen LogP contribution >= 0.6 is 0 Å². The van der Waals surface area contributed by atoms with Gasteiger partial charge in [-0.15, -0.1) is 0 Å². The second-order valence-electron chi connectivity index (χ2n) is 19.7. The van der Waals surface area contributed by atoms with Crippen LogP contribution in [-0.2, 0) is 16.1 Å². The van der Waals surface area contributed by atoms with E-state index in [1.807, 2.05) is 0 Å². The molecule has 0 aliphatic carbocycles. The molecule has 14 rings (SSSR count). The number of carbonyl (C=O) groups excluding carboxylic acids is 4. The van der Waals surface area contributed by atoms with Gasteiger partial charge in [0.25, 0.3) is 0 Å². The molecule has 8 atom stereocenters. The van der Waals surface area contributed by atoms with E-state index in [0.29, 0.717) is 85.9 Å². The topological polar surface area (TPSA) is 124 Å². The molecule has 1 spiro atoms. The van der Waals surface area contributed by atoms with Crippen molar-refractivity contribution in [1.82, 2.24) is 0 Å². The van der Waals surface area contributed by atoms with Crippen molar-refractivity contribution in [3.63, 3.8) is 0 Å². The number of hydrogen-bond acceptors (Lipinski definition) is 10. The summed E-state index contributed by atoms with van der Waals surface area (Å²) in [5.41, 5.74) is 0.696. The van der Waals surface area contributed by atoms with Gasteiger partial charge in [-0.1, -0.05) is 26.7 Å². The van der Waals surface area contributed by atoms with Crippen LogP contribution in [0.3, 0.4) is 0 Å². The molecule has 0 aromatic heterocycles. The maximum absolute atomic E-state index is 14.5. The first-order chi connectivity index (χ1) is 27.5. The Morgan fingerprint density at radius 2 is 0.754 bits per heavy atom. The van der Waals surface area contributed by atoms with Crippen LogP contribution < -0.4 is 28.4 Å². The number of fused-ring (bicyclic) bond motifs is 10. The monoisotopic (exact) mass is 810 g/mol. The SMILES string of the molecule is CCCCOc1ccc(OC(=O)c2ccc(OC(=O)[C]34[CH]5[CH]6[CH]7[CH]3[Fe]6754389%10[CH]4[CH]3[CH]8[C]9(C(=O)Oc3ccc(C(=O)Oc5ccc(OCCCC)cc5)cc3)[CH]4%10)cc2)cc1. The van der Waals surface area contributed by atoms with Gasteiger partial charge in [0.1, 0.15) is 11.5 Å². The number of benzene rings is 4. The minimum absolute atomic E-state index is 0.126. The van der Waals surface area contributed by atoms with Crippen molar-refractivity contribution in [2.24, 2.45) is 0 Å². The summed E-state index contributed by atoms with van der Waals surface area (Å²) in [7, 11) is 0. The van der Waals surface area contributed by atoms with E-state index in [9.17, 15) is 19.2 Å². The zero-order valence-electron chi connectivity index (χ0n) is 31.5. The van der Waals surface area contributed by atoms with Crippen molar-refractivity contribution < 1.29 is 54.1 Å². The molecular formula is C46H42FeO10. The van der Waals surface area contributed by atoms with Crippen LogP contribution in [0.2, 0.25) is 47.2 Å². The Balaban J connectivity index is 0.655. The Bertz CT molecular complexity index is 2690. The third-order valence-corrected chi connectivity index (χ3v) is 64.2. The standard InChI is InChI=1S/2C23H21O5.Fe/c2*1-2-3-16-26-19-12-14-21(15-13-19)28-23(25)18-8-10-20(11-9-18)27-22(24)17-6-4-5-7-17;/h2*4-15H,2-3,16H2,1H3;. The Labute approximate surface area is 319 Å². The van der Waals surface area contributed by atoms with Crippen LogP contribution in [-0.4, -0.2) is 37.1 Å². The van der Waals surface area contributed by atoms with Crippen molar-refractivity contribution in [3.8, 4) is 34.5 Å². The molecule has 0 N–H and O–H groups in total. The second kappa shape index (κ2) is 6.47. The average Bonchev–Trinajstić information content (AvgIpc) is 4.17. The third-order valence-electron chi connectivity index (χ3n) is 21.6. The molecule has 11 heteroatoms. The van der Waals surface area contributed by atoms with E-state index in [4.69, 9.17) is 28.4 Å². The third kappa shape index (κ3) is 1.29. The molecule has 4 aromatic rings. The summed E-state index contributed by atoms with van der Waals surface area (Å²) in [6.07, 6.45) is 4.04. The molecule has 0 bridgehead atoms. The van der Waals surface area contributed by atoms with Gasteiger partial charge in [-0.05, 0) is 12.8 Å². The fourth-order valence-electron chi connectivity index (χ4n) is 21.5. The van der Waals surface area contributed by atoms with Gasteiger partial charge < -0.3 is 9.47 Å². The molecule has 10 nitrogen and oxygen atoms in total. The molecule has 10 aliphatic rings. The Hall–Kier alpha value is -5.12. The number of unbranched alkanes of at least 4 members (excludes halogenated alkanes) is 2. The molecule has 0 amide bonds. The zero-order valence-corrected chi connectivity index (χ0v) is 32.6. The Morgan fingerprint density at radius 3 is 1.07 bits per heavy atom. The molecule has 10 saturated heterocycles. The van der Waals surface area contributed by atoms with E-state index < -0.39 is 27.1 Å². The van der Waals surface area contributed by atoms with Gasteiger partial charge in [0.2, 0.25) is 0 Å². The quantitative estimate of drug-likeness (QED) is 0.0468. The predicted molar refractivity (Wildman–Crippen MR) is 203 cm³/mol. The van der Waals surface area contributed by atoms with E-state index in [1.54, 1.807) is 97.1 Å². The van der Waals surface area contributed by atoms with Gasteiger partial charge in [0.15, 0.2) is 0 Å². The van der Waals surface area contributed by atoms with Crippen molar-refractivity contribution in [3.05, 3.63) is 108 Å². The van der Waals surface area contributed by atoms with Crippen LogP contribution in [0.1, 0.15) is 60.2 Å². The molecular weight excluding hydrogens is 768 g/mol. The minimum atomic E-state index is -4.68. The average molecular weight is 811 g/mol.